The Morgan fingerprint density at radius 3 is 2.29 bits per heavy atom. The minimum atomic E-state index is 0. The summed E-state index contributed by atoms with van der Waals surface area (Å²) < 4.78 is 0. The van der Waals surface area contributed by atoms with Gasteiger partial charge < -0.3 is 6.15 Å². The van der Waals surface area contributed by atoms with Crippen LogP contribution in [-0.2, 0) is 0 Å². The first-order valence-corrected chi connectivity index (χ1v) is 5.21. The number of fused-ring (bicyclic) bond motifs is 1. The predicted octanol–water partition coefficient (Wildman–Crippen LogP) is 3.46. The average Bonchev–Trinajstić information content (AvgIpc) is 2.39. The molecule has 17 heavy (non-hydrogen) atoms. The van der Waals surface area contributed by atoms with E-state index in [2.05, 4.69) is 9.97 Å². The number of aromatic nitrogens is 2. The molecule has 0 radical (unpaired) electrons. The number of nitrogens with zero attached hydrogens (tertiary/aromatic N) is 2. The number of para-hydroxylation sites is 1. The first kappa shape index (κ1) is 11.2. The highest BCUT2D eigenvalue weighted by Crippen LogP contribution is 2.17. The normalized spacial score (nSPS) is 9.88. The maximum atomic E-state index is 4.53. The molecule has 0 bridgehead atoms. The van der Waals surface area contributed by atoms with Crippen LogP contribution in [0, 0.1) is 0 Å². The van der Waals surface area contributed by atoms with E-state index in [-0.39, 0.29) is 6.15 Å². The maximum Gasteiger partial charge on any atom is 0.159 e. The second kappa shape index (κ2) is 4.72. The third-order valence-corrected chi connectivity index (χ3v) is 2.52. The van der Waals surface area contributed by atoms with E-state index in [1.165, 1.54) is 0 Å². The fourth-order valence-electron chi connectivity index (χ4n) is 1.70. The summed E-state index contributed by atoms with van der Waals surface area (Å²) in [5.74, 6) is 0.777. The van der Waals surface area contributed by atoms with Gasteiger partial charge in [0.2, 0.25) is 0 Å². The third-order valence-electron chi connectivity index (χ3n) is 2.52. The van der Waals surface area contributed by atoms with Crippen molar-refractivity contribution in [3.63, 3.8) is 0 Å². The smallest absolute Gasteiger partial charge is 0.159 e. The Labute approximate surface area is 99.7 Å². The molecule has 0 aliphatic heterocycles. The number of hydrogen-bond acceptors (Lipinski definition) is 3. The van der Waals surface area contributed by atoms with E-state index in [0.717, 1.165) is 22.3 Å². The first-order chi connectivity index (χ1) is 7.93. The van der Waals surface area contributed by atoms with Crippen LogP contribution in [0.2, 0.25) is 0 Å². The van der Waals surface area contributed by atoms with Gasteiger partial charge in [0.15, 0.2) is 5.82 Å². The maximum absolute atomic E-state index is 4.53. The summed E-state index contributed by atoms with van der Waals surface area (Å²) in [4.78, 5) is 8.90. The molecule has 3 nitrogen and oxygen atoms in total. The summed E-state index contributed by atoms with van der Waals surface area (Å²) in [6.45, 7) is 0. The van der Waals surface area contributed by atoms with E-state index < -0.39 is 0 Å². The van der Waals surface area contributed by atoms with Gasteiger partial charge in [-0.3, -0.25) is 0 Å². The molecule has 0 fully saturated rings. The lowest BCUT2D eigenvalue weighted by Gasteiger charge is -2.01. The zero-order valence-corrected chi connectivity index (χ0v) is 9.38. The van der Waals surface area contributed by atoms with Gasteiger partial charge in [-0.05, 0) is 6.07 Å². The molecule has 3 rings (SSSR count). The number of rotatable bonds is 1. The SMILES string of the molecule is N.c1ccc(-c2ncc3ccccc3n2)cc1. The van der Waals surface area contributed by atoms with E-state index in [0.29, 0.717) is 0 Å². The molecule has 0 saturated heterocycles. The van der Waals surface area contributed by atoms with Gasteiger partial charge in [-0.2, -0.15) is 0 Å². The van der Waals surface area contributed by atoms with Gasteiger partial charge >= 0.3 is 0 Å². The molecule has 0 amide bonds. The molecule has 2 aromatic carbocycles. The standard InChI is InChI=1S/C14H10N2.H3N/c1-2-6-11(7-3-1)14-15-10-12-8-4-5-9-13(12)16-14;/h1-10H;1H3. The fourth-order valence-corrected chi connectivity index (χ4v) is 1.70. The Hall–Kier alpha value is -2.26. The minimum Gasteiger partial charge on any atom is -0.344 e. The van der Waals surface area contributed by atoms with Gasteiger partial charge in [-0.15, -0.1) is 0 Å². The third kappa shape index (κ3) is 2.14. The van der Waals surface area contributed by atoms with Gasteiger partial charge in [0.05, 0.1) is 5.52 Å². The highest BCUT2D eigenvalue weighted by Gasteiger charge is 2.01. The van der Waals surface area contributed by atoms with Crippen LogP contribution in [0.4, 0.5) is 0 Å². The van der Waals surface area contributed by atoms with Crippen molar-refractivity contribution in [1.82, 2.24) is 16.1 Å². The Morgan fingerprint density at radius 1 is 0.765 bits per heavy atom. The minimum absolute atomic E-state index is 0. The monoisotopic (exact) mass is 223 g/mol. The lowest BCUT2D eigenvalue weighted by atomic mass is 10.2. The summed E-state index contributed by atoms with van der Waals surface area (Å²) in [6, 6.07) is 18.0. The van der Waals surface area contributed by atoms with Crippen molar-refractivity contribution in [2.24, 2.45) is 0 Å². The largest absolute Gasteiger partial charge is 0.344 e. The molecule has 3 aromatic rings. The van der Waals surface area contributed by atoms with E-state index in [4.69, 9.17) is 0 Å². The zero-order chi connectivity index (χ0) is 10.8. The topological polar surface area (TPSA) is 60.8 Å². The van der Waals surface area contributed by atoms with Crippen molar-refractivity contribution >= 4 is 10.9 Å². The van der Waals surface area contributed by atoms with Crippen LogP contribution in [0.3, 0.4) is 0 Å². The summed E-state index contributed by atoms with van der Waals surface area (Å²) in [5, 5.41) is 1.07. The zero-order valence-electron chi connectivity index (χ0n) is 9.38. The summed E-state index contributed by atoms with van der Waals surface area (Å²) in [5.41, 5.74) is 2.03. The second-order valence-corrected chi connectivity index (χ2v) is 3.62. The Balaban J connectivity index is 0.00000108. The van der Waals surface area contributed by atoms with Crippen LogP contribution >= 0.6 is 0 Å². The summed E-state index contributed by atoms with van der Waals surface area (Å²) >= 11 is 0. The number of benzene rings is 2. The van der Waals surface area contributed by atoms with E-state index in [9.17, 15) is 0 Å². The predicted molar refractivity (Wildman–Crippen MR) is 70.0 cm³/mol. The highest BCUT2D eigenvalue weighted by molar-refractivity contribution is 5.79. The van der Waals surface area contributed by atoms with Crippen molar-refractivity contribution in [1.29, 1.82) is 0 Å². The molecule has 1 heterocycles. The van der Waals surface area contributed by atoms with Crippen molar-refractivity contribution in [2.45, 2.75) is 0 Å². The molecule has 0 saturated carbocycles. The molecule has 0 aliphatic carbocycles. The fraction of sp³-hybridized carbons (Fsp3) is 0. The average molecular weight is 223 g/mol. The molecule has 0 atom stereocenters. The molecule has 3 heteroatoms. The Morgan fingerprint density at radius 2 is 1.47 bits per heavy atom. The van der Waals surface area contributed by atoms with Crippen LogP contribution in [0.15, 0.2) is 60.8 Å². The van der Waals surface area contributed by atoms with Crippen LogP contribution in [0.1, 0.15) is 0 Å². The number of hydrogen-bond donors (Lipinski definition) is 1. The van der Waals surface area contributed by atoms with Crippen molar-refractivity contribution in [2.75, 3.05) is 0 Å². The second-order valence-electron chi connectivity index (χ2n) is 3.62. The summed E-state index contributed by atoms with van der Waals surface area (Å²) in [7, 11) is 0. The van der Waals surface area contributed by atoms with Gasteiger partial charge in [-0.25, -0.2) is 9.97 Å². The van der Waals surface area contributed by atoms with Crippen molar-refractivity contribution in [3.05, 3.63) is 60.8 Å². The lowest BCUT2D eigenvalue weighted by Crippen LogP contribution is -1.88. The molecule has 3 N–H and O–H groups in total. The van der Waals surface area contributed by atoms with Crippen LogP contribution < -0.4 is 6.15 Å². The van der Waals surface area contributed by atoms with Crippen LogP contribution in [0.5, 0.6) is 0 Å². The Bertz CT molecular complexity index is 620. The van der Waals surface area contributed by atoms with E-state index >= 15 is 0 Å². The molecule has 0 unspecified atom stereocenters. The molecule has 0 spiro atoms. The quantitative estimate of drug-likeness (QED) is 0.687. The van der Waals surface area contributed by atoms with Crippen LogP contribution in [-0.4, -0.2) is 9.97 Å². The van der Waals surface area contributed by atoms with Crippen LogP contribution in [0.25, 0.3) is 22.3 Å². The lowest BCUT2D eigenvalue weighted by molar-refractivity contribution is 1.23. The molecule has 1 aromatic heterocycles. The van der Waals surface area contributed by atoms with Crippen molar-refractivity contribution < 1.29 is 0 Å². The molecule has 0 aliphatic rings. The molecule has 84 valence electrons. The first-order valence-electron chi connectivity index (χ1n) is 5.21. The highest BCUT2D eigenvalue weighted by atomic mass is 14.9. The van der Waals surface area contributed by atoms with E-state index in [1.54, 1.807) is 0 Å². The van der Waals surface area contributed by atoms with Gasteiger partial charge in [0.1, 0.15) is 0 Å². The summed E-state index contributed by atoms with van der Waals surface area (Å²) in [6.07, 6.45) is 1.87. The van der Waals surface area contributed by atoms with E-state index in [1.807, 2.05) is 60.8 Å². The van der Waals surface area contributed by atoms with Crippen molar-refractivity contribution in [3.8, 4) is 11.4 Å². The Kier molecular flexibility index (Phi) is 3.12. The molecular formula is C14H13N3. The van der Waals surface area contributed by atoms with Gasteiger partial charge in [-0.1, -0.05) is 48.5 Å². The van der Waals surface area contributed by atoms with Gasteiger partial charge in [0.25, 0.3) is 0 Å². The van der Waals surface area contributed by atoms with Gasteiger partial charge in [0, 0.05) is 17.1 Å². The molecular weight excluding hydrogens is 210 g/mol.